The van der Waals surface area contributed by atoms with E-state index < -0.39 is 5.79 Å². The second kappa shape index (κ2) is 7.25. The van der Waals surface area contributed by atoms with E-state index >= 15 is 0 Å². The molecule has 0 spiro atoms. The Labute approximate surface area is 116 Å². The van der Waals surface area contributed by atoms with Gasteiger partial charge in [-0.2, -0.15) is 0 Å². The molecule has 0 aromatic carbocycles. The van der Waals surface area contributed by atoms with E-state index in [2.05, 4.69) is 13.8 Å². The van der Waals surface area contributed by atoms with Crippen molar-refractivity contribution >= 4 is 5.97 Å². The molecule has 0 N–H and O–H groups in total. The number of unbranched alkanes of at least 4 members (excludes halogenated alkanes) is 1. The topological polar surface area (TPSA) is 44.8 Å². The molecule has 1 rings (SSSR count). The predicted octanol–water partition coefficient (Wildman–Crippen LogP) is 3.29. The average Bonchev–Trinajstić information content (AvgIpc) is 2.39. The molecule has 0 amide bonds. The molecule has 0 radical (unpaired) electrons. The van der Waals surface area contributed by atoms with Crippen molar-refractivity contribution in [1.82, 2.24) is 0 Å². The Morgan fingerprint density at radius 1 is 1.21 bits per heavy atom. The summed E-state index contributed by atoms with van der Waals surface area (Å²) < 4.78 is 16.7. The average molecular weight is 272 g/mol. The number of esters is 1. The Balaban J connectivity index is 2.51. The molecule has 112 valence electrons. The summed E-state index contributed by atoms with van der Waals surface area (Å²) in [5.41, 5.74) is 0.115. The molecule has 0 aliphatic carbocycles. The zero-order chi connectivity index (χ0) is 14.4. The first-order valence-electron chi connectivity index (χ1n) is 7.43. The van der Waals surface area contributed by atoms with Gasteiger partial charge < -0.3 is 14.2 Å². The Kier molecular flexibility index (Phi) is 6.27. The Bertz CT molecular complexity index is 280. The normalized spacial score (nSPS) is 31.2. The highest BCUT2D eigenvalue weighted by molar-refractivity contribution is 5.70. The van der Waals surface area contributed by atoms with E-state index in [-0.39, 0.29) is 17.8 Å². The van der Waals surface area contributed by atoms with Gasteiger partial charge in [-0.3, -0.25) is 4.79 Å². The maximum atomic E-state index is 11.5. The first-order valence-corrected chi connectivity index (χ1v) is 7.43. The van der Waals surface area contributed by atoms with Gasteiger partial charge in [0.1, 0.15) is 0 Å². The monoisotopic (exact) mass is 272 g/mol. The lowest BCUT2D eigenvalue weighted by molar-refractivity contribution is -0.298. The van der Waals surface area contributed by atoms with Gasteiger partial charge >= 0.3 is 5.97 Å². The second-order valence-electron chi connectivity index (χ2n) is 5.65. The molecule has 1 aliphatic rings. The molecular weight excluding hydrogens is 244 g/mol. The number of carbonyl (C=O) groups excluding carboxylic acids is 1. The Morgan fingerprint density at radius 3 is 2.32 bits per heavy atom. The molecule has 0 aromatic heterocycles. The third-order valence-corrected chi connectivity index (χ3v) is 3.95. The lowest BCUT2D eigenvalue weighted by atomic mass is 9.81. The minimum Gasteiger partial charge on any atom is -0.466 e. The minimum absolute atomic E-state index is 0.115. The van der Waals surface area contributed by atoms with E-state index in [4.69, 9.17) is 14.2 Å². The van der Waals surface area contributed by atoms with Crippen LogP contribution in [0.2, 0.25) is 0 Å². The lowest BCUT2D eigenvalue weighted by Crippen LogP contribution is -2.49. The molecule has 1 saturated heterocycles. The summed E-state index contributed by atoms with van der Waals surface area (Å²) in [6.07, 6.45) is 4.70. The summed E-state index contributed by atoms with van der Waals surface area (Å²) in [5.74, 6) is -1.08. The van der Waals surface area contributed by atoms with Crippen molar-refractivity contribution in [3.8, 4) is 0 Å². The fraction of sp³-hybridized carbons (Fsp3) is 0.933. The highest BCUT2D eigenvalue weighted by Gasteiger charge is 2.42. The standard InChI is InChI=1S/C15H28O4/c1-5-8-9-15(6-2)11-18-14(4,19-12-15)10-13(16)17-7-3/h5-12H2,1-4H3. The first kappa shape index (κ1) is 16.4. The maximum Gasteiger partial charge on any atom is 0.311 e. The molecule has 19 heavy (non-hydrogen) atoms. The smallest absolute Gasteiger partial charge is 0.311 e. The van der Waals surface area contributed by atoms with Crippen molar-refractivity contribution < 1.29 is 19.0 Å². The second-order valence-corrected chi connectivity index (χ2v) is 5.65. The van der Waals surface area contributed by atoms with Gasteiger partial charge in [0.15, 0.2) is 5.79 Å². The minimum atomic E-state index is -0.822. The van der Waals surface area contributed by atoms with E-state index in [1.54, 1.807) is 6.92 Å². The van der Waals surface area contributed by atoms with Crippen molar-refractivity contribution in [3.05, 3.63) is 0 Å². The highest BCUT2D eigenvalue weighted by Crippen LogP contribution is 2.38. The van der Waals surface area contributed by atoms with Gasteiger partial charge in [0.2, 0.25) is 0 Å². The summed E-state index contributed by atoms with van der Waals surface area (Å²) in [5, 5.41) is 0. The molecule has 0 bridgehead atoms. The van der Waals surface area contributed by atoms with Gasteiger partial charge in [0.05, 0.1) is 26.2 Å². The summed E-state index contributed by atoms with van der Waals surface area (Å²) in [7, 11) is 0. The van der Waals surface area contributed by atoms with E-state index in [1.807, 2.05) is 6.92 Å². The van der Waals surface area contributed by atoms with Crippen molar-refractivity contribution in [2.45, 2.75) is 65.6 Å². The van der Waals surface area contributed by atoms with Gasteiger partial charge in [-0.05, 0) is 26.7 Å². The largest absolute Gasteiger partial charge is 0.466 e. The van der Waals surface area contributed by atoms with Crippen LogP contribution in [0.25, 0.3) is 0 Å². The van der Waals surface area contributed by atoms with Gasteiger partial charge in [0.25, 0.3) is 0 Å². The molecule has 1 fully saturated rings. The molecule has 0 saturated carbocycles. The van der Waals surface area contributed by atoms with Crippen LogP contribution in [0.4, 0.5) is 0 Å². The quantitative estimate of drug-likeness (QED) is 0.667. The molecule has 1 aliphatic heterocycles. The molecule has 0 unspecified atom stereocenters. The number of rotatable bonds is 7. The van der Waals surface area contributed by atoms with Crippen LogP contribution in [-0.2, 0) is 19.0 Å². The lowest BCUT2D eigenvalue weighted by Gasteiger charge is -2.44. The highest BCUT2D eigenvalue weighted by atomic mass is 16.7. The number of carbonyl (C=O) groups is 1. The summed E-state index contributed by atoms with van der Waals surface area (Å²) in [6.45, 7) is 9.72. The van der Waals surface area contributed by atoms with Crippen LogP contribution >= 0.6 is 0 Å². The van der Waals surface area contributed by atoms with Crippen molar-refractivity contribution in [3.63, 3.8) is 0 Å². The van der Waals surface area contributed by atoms with Crippen LogP contribution in [0, 0.1) is 5.41 Å². The Morgan fingerprint density at radius 2 is 1.84 bits per heavy atom. The predicted molar refractivity (Wildman–Crippen MR) is 73.8 cm³/mol. The summed E-state index contributed by atoms with van der Waals surface area (Å²) in [4.78, 5) is 11.5. The number of hydrogen-bond acceptors (Lipinski definition) is 4. The van der Waals surface area contributed by atoms with Gasteiger partial charge in [-0.1, -0.05) is 26.7 Å². The zero-order valence-electron chi connectivity index (χ0n) is 12.8. The molecule has 0 atom stereocenters. The SMILES string of the molecule is CCCCC1(CC)COC(C)(CC(=O)OCC)OC1. The van der Waals surface area contributed by atoms with Gasteiger partial charge in [-0.25, -0.2) is 0 Å². The fourth-order valence-corrected chi connectivity index (χ4v) is 2.35. The van der Waals surface area contributed by atoms with Crippen molar-refractivity contribution in [1.29, 1.82) is 0 Å². The van der Waals surface area contributed by atoms with Crippen LogP contribution in [-0.4, -0.2) is 31.6 Å². The molecular formula is C15H28O4. The fourth-order valence-electron chi connectivity index (χ4n) is 2.35. The Hall–Kier alpha value is -0.610. The van der Waals surface area contributed by atoms with Crippen LogP contribution in [0.1, 0.15) is 59.8 Å². The van der Waals surface area contributed by atoms with Crippen LogP contribution < -0.4 is 0 Å². The van der Waals surface area contributed by atoms with Gasteiger partial charge in [-0.15, -0.1) is 0 Å². The van der Waals surface area contributed by atoms with E-state index in [0.717, 1.165) is 12.8 Å². The van der Waals surface area contributed by atoms with E-state index in [0.29, 0.717) is 19.8 Å². The van der Waals surface area contributed by atoms with Crippen LogP contribution in [0.5, 0.6) is 0 Å². The third kappa shape index (κ3) is 4.77. The van der Waals surface area contributed by atoms with Crippen molar-refractivity contribution in [2.75, 3.05) is 19.8 Å². The van der Waals surface area contributed by atoms with Gasteiger partial charge in [0, 0.05) is 5.41 Å². The molecule has 0 aromatic rings. The van der Waals surface area contributed by atoms with Crippen LogP contribution in [0.15, 0.2) is 0 Å². The third-order valence-electron chi connectivity index (χ3n) is 3.95. The summed E-state index contributed by atoms with van der Waals surface area (Å²) >= 11 is 0. The van der Waals surface area contributed by atoms with Crippen molar-refractivity contribution in [2.24, 2.45) is 5.41 Å². The van der Waals surface area contributed by atoms with E-state index in [1.165, 1.54) is 12.8 Å². The molecule has 4 heteroatoms. The molecule has 4 nitrogen and oxygen atoms in total. The summed E-state index contributed by atoms with van der Waals surface area (Å²) in [6, 6.07) is 0. The molecule has 1 heterocycles. The zero-order valence-corrected chi connectivity index (χ0v) is 12.8. The first-order chi connectivity index (χ1) is 8.99. The number of ether oxygens (including phenoxy) is 3. The van der Waals surface area contributed by atoms with Crippen LogP contribution in [0.3, 0.4) is 0 Å². The number of hydrogen-bond donors (Lipinski definition) is 0. The van der Waals surface area contributed by atoms with E-state index in [9.17, 15) is 4.79 Å². The maximum absolute atomic E-state index is 11.5.